The van der Waals surface area contributed by atoms with Crippen molar-refractivity contribution >= 4 is 34.3 Å². The van der Waals surface area contributed by atoms with Crippen LogP contribution in [0.15, 0.2) is 71.1 Å². The van der Waals surface area contributed by atoms with Crippen molar-refractivity contribution in [1.29, 1.82) is 0 Å². The number of fused-ring (bicyclic) bond motifs is 1. The standard InChI is InChI=1S/C22H17ClN2O3/c1-14-5-2-3-8-19(14)27-13-21(26)24-17-7-4-6-15(11-17)22-25-18-12-16(23)9-10-20(18)28-22/h2-12H,13H2,1H3,(H,24,26). The number of para-hydroxylation sites is 1. The number of ether oxygens (including phenoxy) is 1. The molecule has 0 atom stereocenters. The van der Waals surface area contributed by atoms with Crippen LogP contribution in [0.5, 0.6) is 5.75 Å². The largest absolute Gasteiger partial charge is 0.483 e. The van der Waals surface area contributed by atoms with Gasteiger partial charge in [0.25, 0.3) is 5.91 Å². The van der Waals surface area contributed by atoms with Crippen LogP contribution in [-0.4, -0.2) is 17.5 Å². The van der Waals surface area contributed by atoms with Crippen molar-refractivity contribution in [3.63, 3.8) is 0 Å². The van der Waals surface area contributed by atoms with E-state index >= 15 is 0 Å². The van der Waals surface area contributed by atoms with Gasteiger partial charge in [-0.05, 0) is 55.0 Å². The molecule has 6 heteroatoms. The van der Waals surface area contributed by atoms with Crippen LogP contribution in [0.3, 0.4) is 0 Å². The van der Waals surface area contributed by atoms with Gasteiger partial charge >= 0.3 is 0 Å². The lowest BCUT2D eigenvalue weighted by molar-refractivity contribution is -0.118. The van der Waals surface area contributed by atoms with E-state index in [2.05, 4.69) is 10.3 Å². The Bertz CT molecular complexity index is 1150. The first kappa shape index (κ1) is 18.1. The Morgan fingerprint density at radius 1 is 1.11 bits per heavy atom. The molecule has 3 aromatic carbocycles. The maximum Gasteiger partial charge on any atom is 0.262 e. The van der Waals surface area contributed by atoms with Gasteiger partial charge in [-0.3, -0.25) is 4.79 Å². The fraction of sp³-hybridized carbons (Fsp3) is 0.0909. The predicted molar refractivity (Wildman–Crippen MR) is 110 cm³/mol. The van der Waals surface area contributed by atoms with Gasteiger partial charge in [0.15, 0.2) is 12.2 Å². The second-order valence-corrected chi connectivity index (χ2v) is 6.75. The lowest BCUT2D eigenvalue weighted by atomic mass is 10.2. The third-order valence-electron chi connectivity index (χ3n) is 4.20. The Balaban J connectivity index is 1.47. The summed E-state index contributed by atoms with van der Waals surface area (Å²) in [7, 11) is 0. The molecule has 28 heavy (non-hydrogen) atoms. The summed E-state index contributed by atoms with van der Waals surface area (Å²) in [5.41, 5.74) is 3.71. The van der Waals surface area contributed by atoms with Crippen molar-refractivity contribution in [2.24, 2.45) is 0 Å². The van der Waals surface area contributed by atoms with Gasteiger partial charge in [0.2, 0.25) is 5.89 Å². The van der Waals surface area contributed by atoms with Crippen molar-refractivity contribution < 1.29 is 13.9 Å². The third kappa shape index (κ3) is 4.00. The third-order valence-corrected chi connectivity index (χ3v) is 4.43. The molecular weight excluding hydrogens is 376 g/mol. The van der Waals surface area contributed by atoms with E-state index in [0.29, 0.717) is 33.4 Å². The molecule has 1 amide bonds. The maximum absolute atomic E-state index is 12.2. The number of hydrogen-bond donors (Lipinski definition) is 1. The van der Waals surface area contributed by atoms with Gasteiger partial charge in [-0.1, -0.05) is 35.9 Å². The van der Waals surface area contributed by atoms with Gasteiger partial charge in [-0.25, -0.2) is 4.98 Å². The Morgan fingerprint density at radius 2 is 1.96 bits per heavy atom. The molecule has 4 aromatic rings. The first-order valence-corrected chi connectivity index (χ1v) is 9.11. The molecule has 1 aromatic heterocycles. The van der Waals surface area contributed by atoms with Crippen LogP contribution in [0.25, 0.3) is 22.6 Å². The topological polar surface area (TPSA) is 64.4 Å². The normalized spacial score (nSPS) is 10.8. The van der Waals surface area contributed by atoms with Gasteiger partial charge in [0.1, 0.15) is 11.3 Å². The van der Waals surface area contributed by atoms with Gasteiger partial charge in [-0.2, -0.15) is 0 Å². The minimum Gasteiger partial charge on any atom is -0.483 e. The molecule has 0 bridgehead atoms. The number of benzene rings is 3. The SMILES string of the molecule is Cc1ccccc1OCC(=O)Nc1cccc(-c2nc3cc(Cl)ccc3o2)c1. The predicted octanol–water partition coefficient (Wildman–Crippen LogP) is 5.47. The maximum atomic E-state index is 12.2. The van der Waals surface area contributed by atoms with E-state index in [1.54, 1.807) is 30.3 Å². The number of amides is 1. The molecule has 0 aliphatic rings. The number of carbonyl (C=O) groups excluding carboxylic acids is 1. The highest BCUT2D eigenvalue weighted by atomic mass is 35.5. The monoisotopic (exact) mass is 392 g/mol. The molecule has 0 radical (unpaired) electrons. The summed E-state index contributed by atoms with van der Waals surface area (Å²) < 4.78 is 11.4. The number of anilines is 1. The second kappa shape index (κ2) is 7.74. The number of aryl methyl sites for hydroxylation is 1. The minimum atomic E-state index is -0.246. The second-order valence-electron chi connectivity index (χ2n) is 6.31. The summed E-state index contributed by atoms with van der Waals surface area (Å²) in [6, 6.07) is 20.1. The molecule has 0 aliphatic carbocycles. The summed E-state index contributed by atoms with van der Waals surface area (Å²) in [5.74, 6) is 0.908. The Morgan fingerprint density at radius 3 is 2.82 bits per heavy atom. The molecule has 140 valence electrons. The van der Waals surface area contributed by atoms with Crippen LogP contribution in [0.2, 0.25) is 5.02 Å². The first-order chi connectivity index (χ1) is 13.6. The van der Waals surface area contributed by atoms with E-state index in [-0.39, 0.29) is 12.5 Å². The van der Waals surface area contributed by atoms with E-state index < -0.39 is 0 Å². The molecule has 0 spiro atoms. The summed E-state index contributed by atoms with van der Waals surface area (Å²) in [6.45, 7) is 1.86. The number of nitrogens with zero attached hydrogens (tertiary/aromatic N) is 1. The van der Waals surface area contributed by atoms with Crippen LogP contribution in [0.1, 0.15) is 5.56 Å². The molecule has 0 unspecified atom stereocenters. The molecule has 4 rings (SSSR count). The first-order valence-electron chi connectivity index (χ1n) is 8.73. The summed E-state index contributed by atoms with van der Waals surface area (Å²) >= 11 is 6.00. The Hall–Kier alpha value is -3.31. The molecule has 0 saturated carbocycles. The fourth-order valence-electron chi connectivity index (χ4n) is 2.81. The van der Waals surface area contributed by atoms with Crippen LogP contribution < -0.4 is 10.1 Å². The zero-order valence-corrected chi connectivity index (χ0v) is 15.9. The van der Waals surface area contributed by atoms with Crippen molar-refractivity contribution in [2.45, 2.75) is 6.92 Å². The average molecular weight is 393 g/mol. The number of rotatable bonds is 5. The highest BCUT2D eigenvalue weighted by Crippen LogP contribution is 2.27. The summed E-state index contributed by atoms with van der Waals surface area (Å²) in [5, 5.41) is 3.43. The molecule has 0 aliphatic heterocycles. The summed E-state index contributed by atoms with van der Waals surface area (Å²) in [4.78, 5) is 16.7. The van der Waals surface area contributed by atoms with Gasteiger partial charge in [0, 0.05) is 16.3 Å². The molecular formula is C22H17ClN2O3. The van der Waals surface area contributed by atoms with Crippen molar-refractivity contribution in [1.82, 2.24) is 4.98 Å². The Labute approximate surface area is 166 Å². The van der Waals surface area contributed by atoms with Gasteiger partial charge in [0.05, 0.1) is 0 Å². The molecule has 1 heterocycles. The quantitative estimate of drug-likeness (QED) is 0.488. The van der Waals surface area contributed by atoms with E-state index in [4.69, 9.17) is 20.8 Å². The number of nitrogens with one attached hydrogen (secondary N) is 1. The number of hydrogen-bond acceptors (Lipinski definition) is 4. The number of carbonyl (C=O) groups is 1. The zero-order valence-electron chi connectivity index (χ0n) is 15.1. The minimum absolute atomic E-state index is 0.0729. The van der Waals surface area contributed by atoms with Gasteiger partial charge in [-0.15, -0.1) is 0 Å². The average Bonchev–Trinajstić information content (AvgIpc) is 3.11. The van der Waals surface area contributed by atoms with Gasteiger partial charge < -0.3 is 14.5 Å². The van der Waals surface area contributed by atoms with Crippen LogP contribution >= 0.6 is 11.6 Å². The lowest BCUT2D eigenvalue weighted by Gasteiger charge is -2.09. The molecule has 5 nitrogen and oxygen atoms in total. The summed E-state index contributed by atoms with van der Waals surface area (Å²) in [6.07, 6.45) is 0. The van der Waals surface area contributed by atoms with E-state index in [9.17, 15) is 4.79 Å². The van der Waals surface area contributed by atoms with E-state index in [0.717, 1.165) is 11.1 Å². The van der Waals surface area contributed by atoms with Crippen molar-refractivity contribution in [3.8, 4) is 17.2 Å². The van der Waals surface area contributed by atoms with Crippen LogP contribution in [0.4, 0.5) is 5.69 Å². The van der Waals surface area contributed by atoms with Crippen molar-refractivity contribution in [3.05, 3.63) is 77.3 Å². The zero-order chi connectivity index (χ0) is 19.5. The van der Waals surface area contributed by atoms with E-state index in [1.807, 2.05) is 43.3 Å². The lowest BCUT2D eigenvalue weighted by Crippen LogP contribution is -2.20. The molecule has 0 saturated heterocycles. The highest BCUT2D eigenvalue weighted by molar-refractivity contribution is 6.31. The number of oxazole rings is 1. The van der Waals surface area contributed by atoms with Crippen molar-refractivity contribution in [2.75, 3.05) is 11.9 Å². The van der Waals surface area contributed by atoms with Crippen LogP contribution in [-0.2, 0) is 4.79 Å². The number of halogens is 1. The Kier molecular flexibility index (Phi) is 5.00. The van der Waals surface area contributed by atoms with Crippen LogP contribution in [0, 0.1) is 6.92 Å². The molecule has 0 fully saturated rings. The smallest absolute Gasteiger partial charge is 0.262 e. The number of aromatic nitrogens is 1. The highest BCUT2D eigenvalue weighted by Gasteiger charge is 2.11. The molecule has 1 N–H and O–H groups in total. The fourth-order valence-corrected chi connectivity index (χ4v) is 2.98. The van der Waals surface area contributed by atoms with E-state index in [1.165, 1.54) is 0 Å².